The molecular weight excluding hydrogens is 1810 g/mol. The normalized spacial score (nSPS) is 10.3. The van der Waals surface area contributed by atoms with E-state index in [-0.39, 0.29) is 5.88 Å². The van der Waals surface area contributed by atoms with Crippen LogP contribution in [0.4, 0.5) is 38.0 Å². The molecule has 0 saturated carbocycles. The summed E-state index contributed by atoms with van der Waals surface area (Å²) in [5.74, 6) is 3.14. The molecule has 0 atom stereocenters. The minimum Gasteiger partial charge on any atom is -0.449 e. The molecule has 14 aromatic heterocycles. The minimum atomic E-state index is -4.75. The SMILES string of the molecule is CC(=O)Oc1ccc(-c2nc(CCC=O)cs2)cn1.CN(C)c1ccc(-c2nc(CCC=O)cs2)cn1.Cn1ccnc1CCC=O.O=CCCc1csc(-c2ccc(C(F)(F)F)nc2)n1.O=CCCc1csc(-c2ccc(OC(F)(F)F)nc2)n1.O=CCCc1ncc[nH]1.O=CCCc1ncco1.O=CCCc1nccs1.[C-]#[N+]c1ccc(-c2nc(CCC=O)cs2)cn1. The monoisotopic (exact) mass is 1900 g/mol. The Morgan fingerprint density at radius 1 is 0.462 bits per heavy atom. The Kier molecular flexibility index (Phi) is 48.0. The number of nitrogens with zero attached hydrogens (tertiary/aromatic N) is 17. The van der Waals surface area contributed by atoms with Gasteiger partial charge in [-0.05, 0) is 74.6 Å². The number of esters is 1. The summed E-state index contributed by atoms with van der Waals surface area (Å²) in [5, 5.41) is 16.3. The van der Waals surface area contributed by atoms with Crippen molar-refractivity contribution in [1.29, 1.82) is 0 Å². The molecule has 0 bridgehead atoms. The van der Waals surface area contributed by atoms with Crippen molar-refractivity contribution in [3.05, 3.63) is 236 Å². The molecule has 0 aliphatic carbocycles. The lowest BCUT2D eigenvalue weighted by Crippen LogP contribution is -2.17. The van der Waals surface area contributed by atoms with Gasteiger partial charge in [-0.3, -0.25) is 9.78 Å². The largest absolute Gasteiger partial charge is 0.574 e. The van der Waals surface area contributed by atoms with E-state index < -0.39 is 30.1 Å². The third-order valence-corrected chi connectivity index (χ3v) is 21.6. The number of halogens is 6. The van der Waals surface area contributed by atoms with Crippen molar-refractivity contribution < 1.29 is 88.2 Å². The highest BCUT2D eigenvalue weighted by molar-refractivity contribution is 7.14. The van der Waals surface area contributed by atoms with Gasteiger partial charge in [0.2, 0.25) is 11.8 Å². The van der Waals surface area contributed by atoms with Crippen LogP contribution in [0.2, 0.25) is 0 Å². The highest BCUT2D eigenvalue weighted by Gasteiger charge is 2.33. The van der Waals surface area contributed by atoms with Gasteiger partial charge in [0.05, 0.1) is 45.2 Å². The molecule has 680 valence electrons. The van der Waals surface area contributed by atoms with E-state index in [1.807, 2.05) is 82.7 Å². The molecule has 0 fully saturated rings. The lowest BCUT2D eigenvalue weighted by Gasteiger charge is -2.10. The quantitative estimate of drug-likeness (QED) is 0.0167. The summed E-state index contributed by atoms with van der Waals surface area (Å²) in [6.07, 6.45) is 28.5. The van der Waals surface area contributed by atoms with Gasteiger partial charge in [-0.15, -0.1) is 86.2 Å². The van der Waals surface area contributed by atoms with Crippen LogP contribution >= 0.6 is 68.0 Å². The summed E-state index contributed by atoms with van der Waals surface area (Å²) in [5.41, 5.74) is 7.31. The van der Waals surface area contributed by atoms with Gasteiger partial charge in [-0.25, -0.2) is 59.8 Å². The van der Waals surface area contributed by atoms with Gasteiger partial charge in [0.15, 0.2) is 5.89 Å². The Hall–Kier alpha value is -13.7. The molecule has 0 radical (unpaired) electrons. The van der Waals surface area contributed by atoms with Gasteiger partial charge in [-0.1, -0.05) is 12.6 Å². The van der Waals surface area contributed by atoms with Gasteiger partial charge < -0.3 is 76.3 Å². The molecule has 31 nitrogen and oxygen atoms in total. The van der Waals surface area contributed by atoms with Crippen molar-refractivity contribution in [1.82, 2.24) is 79.3 Å². The first-order valence-electron chi connectivity index (χ1n) is 39.1. The molecule has 0 spiro atoms. The highest BCUT2D eigenvalue weighted by Crippen LogP contribution is 2.33. The molecule has 43 heteroatoms. The zero-order chi connectivity index (χ0) is 94.2. The van der Waals surface area contributed by atoms with Crippen LogP contribution in [0.25, 0.3) is 57.7 Å². The third-order valence-electron chi connectivity index (χ3n) is 16.0. The summed E-state index contributed by atoms with van der Waals surface area (Å²) in [4.78, 5) is 167. The maximum atomic E-state index is 12.4. The van der Waals surface area contributed by atoms with Gasteiger partial charge in [0.25, 0.3) is 5.82 Å². The Morgan fingerprint density at radius 2 is 0.885 bits per heavy atom. The lowest BCUT2D eigenvalue weighted by atomic mass is 10.2. The maximum Gasteiger partial charge on any atom is 0.574 e. The molecule has 0 unspecified atom stereocenters. The van der Waals surface area contributed by atoms with Crippen molar-refractivity contribution in [3.63, 3.8) is 0 Å². The van der Waals surface area contributed by atoms with Crippen LogP contribution in [0, 0.1) is 6.57 Å². The first-order chi connectivity index (χ1) is 62.8. The number of thiazole rings is 6. The number of carbonyl (C=O) groups is 10. The topological polar surface area (TPSA) is 411 Å². The number of oxazole rings is 1. The Morgan fingerprint density at radius 3 is 1.22 bits per heavy atom. The molecule has 14 aromatic rings. The predicted molar refractivity (Wildman–Crippen MR) is 480 cm³/mol. The highest BCUT2D eigenvalue weighted by atomic mass is 32.1. The van der Waals surface area contributed by atoms with Crippen molar-refractivity contribution in [3.8, 4) is 64.6 Å². The number of nitrogens with one attached hydrogen (secondary N) is 1. The molecule has 0 amide bonds. The zero-order valence-corrected chi connectivity index (χ0v) is 75.1. The van der Waals surface area contributed by atoms with Crippen LogP contribution in [0.15, 0.2) is 172 Å². The maximum absolute atomic E-state index is 12.4. The number of H-pyrrole nitrogens is 1. The van der Waals surface area contributed by atoms with Crippen LogP contribution in [0.5, 0.6) is 11.8 Å². The summed E-state index contributed by atoms with van der Waals surface area (Å²) in [6.45, 7) is 8.14. The van der Waals surface area contributed by atoms with E-state index in [0.29, 0.717) is 129 Å². The van der Waals surface area contributed by atoms with Crippen LogP contribution in [-0.2, 0) is 119 Å². The van der Waals surface area contributed by atoms with Crippen LogP contribution in [-0.4, -0.2) is 162 Å². The summed E-state index contributed by atoms with van der Waals surface area (Å²) in [7, 11) is 5.85. The molecule has 0 aliphatic rings. The molecule has 0 saturated heterocycles. The van der Waals surface area contributed by atoms with Crippen LogP contribution in [0.3, 0.4) is 0 Å². The number of aromatic nitrogens is 16. The number of hydrogen-bond acceptors (Lipinski definition) is 34. The molecule has 130 heavy (non-hydrogen) atoms. The van der Waals surface area contributed by atoms with Crippen LogP contribution in [0.1, 0.15) is 121 Å². The van der Waals surface area contributed by atoms with Crippen molar-refractivity contribution in [2.45, 2.75) is 135 Å². The number of ether oxygens (including phenoxy) is 2. The van der Waals surface area contributed by atoms with Gasteiger partial charge in [-0.2, -0.15) is 13.2 Å². The first kappa shape index (κ1) is 105. The number of aryl methyl sites for hydroxylation is 10. The summed E-state index contributed by atoms with van der Waals surface area (Å²) < 4.78 is 88.4. The minimum absolute atomic E-state index is 0.272. The standard InChI is InChI=1S/C13H15N3OS.C13H12N2O3S.C12H9F3N2O2S.C12H9F3N2OS.C12H9N3OS.C7H10N2O.C6H8N2O.C6H7NO2.C6H7NOS/c1-16(2)12-6-5-10(8-14-12)13-15-11(9-18-13)4-3-7-17;1-9(17)18-12-5-4-10(7-14-12)13-15-11(8-19-13)3-2-6-16;13-12(14,15)19-10-4-3-8(6-16-10)11-17-9(7-20-11)2-1-5-18;13-12(14,15)10-4-3-8(6-16-10)11-17-9(7-19-11)2-1-5-18;1-13-11-5-4-9(7-14-11)12-15-10(8-17-12)3-2-6-16;1-9-5-4-8-7(9)3-2-6-10;9-5-1-2-6-7-3-4-8-6;2*8-4-1-2-6-7-3-5-9-6/h5-9H,3-4H2,1-2H3;4-8H,2-3H2,1H3;3-7H,1-2H2;3-7H,1-2H2;4-8H,2-3H2;4-6H,2-3H2,1H3;3-5H,1-2H2,(H,7,8);2*3-5H,1-2H2. The fraction of sp³-hybridized carbons (Fsp3) is 0.276. The molecule has 14 heterocycles. The molecule has 0 aliphatic heterocycles. The van der Waals surface area contributed by atoms with E-state index in [2.05, 4.69) is 84.3 Å². The number of pyridine rings is 5. The average molecular weight is 1900 g/mol. The average Bonchev–Trinajstić information content (AvgIpc) is 1.67. The third kappa shape index (κ3) is 41.0. The number of imidazole rings is 2. The van der Waals surface area contributed by atoms with E-state index in [4.69, 9.17) is 15.7 Å². The van der Waals surface area contributed by atoms with Gasteiger partial charge in [0.1, 0.15) is 117 Å². The number of alkyl halides is 6. The second-order valence-electron chi connectivity index (χ2n) is 26.1. The van der Waals surface area contributed by atoms with E-state index in [0.717, 1.165) is 177 Å². The van der Waals surface area contributed by atoms with Crippen molar-refractivity contribution in [2.24, 2.45) is 7.05 Å². The van der Waals surface area contributed by atoms with E-state index in [9.17, 15) is 74.3 Å². The second kappa shape index (κ2) is 59.4. The van der Waals surface area contributed by atoms with Gasteiger partial charge in [0, 0.05) is 234 Å². The smallest absolute Gasteiger partial charge is 0.449 e. The van der Waals surface area contributed by atoms with E-state index >= 15 is 0 Å². The summed E-state index contributed by atoms with van der Waals surface area (Å²) in [6, 6.07) is 15.8. The number of hydrogen-bond donors (Lipinski definition) is 1. The molecular formula is C87H86F6N18O13S6. The predicted octanol–water partition coefficient (Wildman–Crippen LogP) is 17.3. The molecule has 14 rings (SSSR count). The fourth-order valence-electron chi connectivity index (χ4n) is 9.82. The Labute approximate surface area is 766 Å². The first-order valence-corrected chi connectivity index (χ1v) is 44.4. The summed E-state index contributed by atoms with van der Waals surface area (Å²) >= 11 is 8.86. The Bertz CT molecular complexity index is 5550. The lowest BCUT2D eigenvalue weighted by molar-refractivity contribution is -0.276. The van der Waals surface area contributed by atoms with Gasteiger partial charge >= 0.3 is 18.5 Å². The molecule has 1 N–H and O–H groups in total. The fourth-order valence-corrected chi connectivity index (χ4v) is 14.7. The number of aldehydes is 9. The second-order valence-corrected chi connectivity index (χ2v) is 31.3. The Balaban J connectivity index is 0.000000229. The van der Waals surface area contributed by atoms with E-state index in [1.165, 1.54) is 76.9 Å². The number of rotatable bonds is 35. The van der Waals surface area contributed by atoms with Crippen molar-refractivity contribution in [2.75, 3.05) is 19.0 Å². The number of carbonyl (C=O) groups excluding carboxylic acids is 10. The van der Waals surface area contributed by atoms with E-state index in [1.54, 1.807) is 95.0 Å². The molecule has 0 aromatic carbocycles. The number of aromatic amines is 1. The van der Waals surface area contributed by atoms with Crippen LogP contribution < -0.4 is 14.4 Å². The number of anilines is 1. The zero-order valence-electron chi connectivity index (χ0n) is 70.2. The van der Waals surface area contributed by atoms with Crippen molar-refractivity contribution >= 4 is 142 Å².